The number of aliphatic hydroxyl groups is 1. The zero-order valence-electron chi connectivity index (χ0n) is 9.54. The number of carboxylic acid groups (broad SMARTS) is 1. The van der Waals surface area contributed by atoms with Crippen LogP contribution in [0.25, 0.3) is 0 Å². The molecule has 2 amide bonds. The van der Waals surface area contributed by atoms with Crippen LogP contribution in [0.4, 0.5) is 4.79 Å². The van der Waals surface area contributed by atoms with E-state index in [1.807, 2.05) is 6.07 Å². The van der Waals surface area contributed by atoms with Gasteiger partial charge in [0, 0.05) is 26.6 Å². The number of aliphatic hydroxyl groups excluding tert-OH is 1. The largest absolute Gasteiger partial charge is 0.480 e. The van der Waals surface area contributed by atoms with Crippen LogP contribution in [0.15, 0.2) is 0 Å². The molecule has 1 fully saturated rings. The van der Waals surface area contributed by atoms with Crippen LogP contribution in [0, 0.1) is 11.3 Å². The third kappa shape index (κ3) is 3.07. The number of carbonyl (C=O) groups excluding carboxylic acids is 1. The lowest BCUT2D eigenvalue weighted by molar-refractivity contribution is -0.141. The molecule has 1 rings (SSSR count). The van der Waals surface area contributed by atoms with Gasteiger partial charge in [0.25, 0.3) is 0 Å². The molecule has 0 aromatic rings. The maximum Gasteiger partial charge on any atom is 0.326 e. The van der Waals surface area contributed by atoms with Crippen molar-refractivity contribution in [3.63, 3.8) is 0 Å². The number of rotatable bonds is 3. The topological polar surface area (TPSA) is 105 Å². The molecule has 94 valence electrons. The Kier molecular flexibility index (Phi) is 4.29. The highest BCUT2D eigenvalue weighted by Gasteiger charge is 2.39. The van der Waals surface area contributed by atoms with E-state index in [2.05, 4.69) is 0 Å². The molecule has 7 nitrogen and oxygen atoms in total. The minimum absolute atomic E-state index is 0.0205. The summed E-state index contributed by atoms with van der Waals surface area (Å²) in [5, 5.41) is 26.7. The fourth-order valence-electron chi connectivity index (χ4n) is 1.79. The van der Waals surface area contributed by atoms with Gasteiger partial charge >= 0.3 is 12.0 Å². The van der Waals surface area contributed by atoms with Gasteiger partial charge in [-0.15, -0.1) is 0 Å². The molecule has 0 bridgehead atoms. The zero-order valence-corrected chi connectivity index (χ0v) is 9.54. The Morgan fingerprint density at radius 2 is 2.24 bits per heavy atom. The number of hydrogen-bond donors (Lipinski definition) is 2. The van der Waals surface area contributed by atoms with Gasteiger partial charge in [0.15, 0.2) is 0 Å². The standard InChI is InChI=1S/C10H15N3O4/c1-12(4-2-3-11)10(17)13-6-7(14)5-8(13)9(15)16/h7-8,14H,2,4-6H2,1H3,(H,15,16)/t7?,8-/m0/s1. The smallest absolute Gasteiger partial charge is 0.326 e. The molecule has 1 aliphatic rings. The lowest BCUT2D eigenvalue weighted by Crippen LogP contribution is -2.47. The van der Waals surface area contributed by atoms with Crippen LogP contribution in [0.2, 0.25) is 0 Å². The fourth-order valence-corrected chi connectivity index (χ4v) is 1.79. The molecule has 1 saturated heterocycles. The summed E-state index contributed by atoms with van der Waals surface area (Å²) >= 11 is 0. The Bertz CT molecular complexity index is 352. The maximum absolute atomic E-state index is 11.9. The van der Waals surface area contributed by atoms with E-state index >= 15 is 0 Å². The average molecular weight is 241 g/mol. The maximum atomic E-state index is 11.9. The van der Waals surface area contributed by atoms with E-state index in [0.717, 1.165) is 4.90 Å². The molecule has 0 aliphatic carbocycles. The van der Waals surface area contributed by atoms with E-state index in [-0.39, 0.29) is 25.9 Å². The van der Waals surface area contributed by atoms with Crippen molar-refractivity contribution in [3.8, 4) is 6.07 Å². The molecule has 0 saturated carbocycles. The first kappa shape index (κ1) is 13.3. The Morgan fingerprint density at radius 3 is 2.76 bits per heavy atom. The second kappa shape index (κ2) is 5.50. The van der Waals surface area contributed by atoms with Crippen molar-refractivity contribution in [3.05, 3.63) is 0 Å². The second-order valence-electron chi connectivity index (χ2n) is 4.01. The summed E-state index contributed by atoms with van der Waals surface area (Å²) in [6.45, 7) is 0.265. The molecule has 1 aliphatic heterocycles. The molecule has 0 aromatic carbocycles. The molecular formula is C10H15N3O4. The summed E-state index contributed by atoms with van der Waals surface area (Å²) in [6, 6.07) is 0.456. The summed E-state index contributed by atoms with van der Waals surface area (Å²) in [6.07, 6.45) is -0.562. The molecule has 1 heterocycles. The van der Waals surface area contributed by atoms with Gasteiger partial charge in [0.1, 0.15) is 6.04 Å². The summed E-state index contributed by atoms with van der Waals surface area (Å²) in [5.41, 5.74) is 0. The van der Waals surface area contributed by atoms with Crippen LogP contribution in [-0.4, -0.2) is 64.3 Å². The number of nitrogens with zero attached hydrogens (tertiary/aromatic N) is 3. The molecule has 7 heteroatoms. The van der Waals surface area contributed by atoms with Crippen LogP contribution in [0.3, 0.4) is 0 Å². The second-order valence-corrected chi connectivity index (χ2v) is 4.01. The van der Waals surface area contributed by atoms with Crippen LogP contribution >= 0.6 is 0 Å². The number of nitriles is 1. The number of amides is 2. The first-order valence-corrected chi connectivity index (χ1v) is 5.27. The Balaban J connectivity index is 2.67. The zero-order chi connectivity index (χ0) is 13.0. The number of urea groups is 1. The fraction of sp³-hybridized carbons (Fsp3) is 0.700. The quantitative estimate of drug-likeness (QED) is 0.691. The molecule has 2 atom stereocenters. The Labute approximate surface area is 98.8 Å². The Morgan fingerprint density at radius 1 is 1.59 bits per heavy atom. The third-order valence-electron chi connectivity index (χ3n) is 2.70. The number of carbonyl (C=O) groups is 2. The van der Waals surface area contributed by atoms with Crippen LogP contribution < -0.4 is 0 Å². The van der Waals surface area contributed by atoms with Crippen molar-refractivity contribution in [2.24, 2.45) is 0 Å². The van der Waals surface area contributed by atoms with E-state index in [1.165, 1.54) is 11.9 Å². The van der Waals surface area contributed by atoms with E-state index in [4.69, 9.17) is 10.4 Å². The van der Waals surface area contributed by atoms with Crippen molar-refractivity contribution < 1.29 is 19.8 Å². The van der Waals surface area contributed by atoms with Crippen LogP contribution in [0.1, 0.15) is 12.8 Å². The van der Waals surface area contributed by atoms with Gasteiger partial charge in [0.05, 0.1) is 18.6 Å². The molecule has 2 N–H and O–H groups in total. The highest BCUT2D eigenvalue weighted by Crippen LogP contribution is 2.19. The first-order valence-electron chi connectivity index (χ1n) is 5.27. The van der Waals surface area contributed by atoms with Crippen LogP contribution in [0.5, 0.6) is 0 Å². The predicted octanol–water partition coefficient (Wildman–Crippen LogP) is -0.528. The molecular weight excluding hydrogens is 226 g/mol. The summed E-state index contributed by atoms with van der Waals surface area (Å²) in [4.78, 5) is 25.2. The number of likely N-dealkylation sites (tertiary alicyclic amines) is 1. The van der Waals surface area contributed by atoms with Gasteiger partial charge in [-0.2, -0.15) is 5.26 Å². The third-order valence-corrected chi connectivity index (χ3v) is 2.70. The van der Waals surface area contributed by atoms with Gasteiger partial charge in [-0.3, -0.25) is 0 Å². The highest BCUT2D eigenvalue weighted by molar-refractivity contribution is 5.83. The lowest BCUT2D eigenvalue weighted by atomic mass is 10.2. The number of aliphatic carboxylic acids is 1. The van der Waals surface area contributed by atoms with Gasteiger partial charge in [-0.05, 0) is 0 Å². The Hall–Kier alpha value is -1.81. The lowest BCUT2D eigenvalue weighted by Gasteiger charge is -2.26. The number of carboxylic acids is 1. The van der Waals surface area contributed by atoms with E-state index < -0.39 is 24.1 Å². The van der Waals surface area contributed by atoms with E-state index in [1.54, 1.807) is 0 Å². The highest BCUT2D eigenvalue weighted by atomic mass is 16.4. The summed E-state index contributed by atoms with van der Waals surface area (Å²) in [5.74, 6) is -1.12. The molecule has 0 radical (unpaired) electrons. The number of hydrogen-bond acceptors (Lipinski definition) is 4. The SMILES string of the molecule is CN(CCC#N)C(=O)N1CC(O)C[C@H]1C(=O)O. The predicted molar refractivity (Wildman–Crippen MR) is 57.0 cm³/mol. The summed E-state index contributed by atoms with van der Waals surface area (Å²) in [7, 11) is 1.50. The van der Waals surface area contributed by atoms with Gasteiger partial charge in [0.2, 0.25) is 0 Å². The minimum atomic E-state index is -1.12. The molecule has 1 unspecified atom stereocenters. The van der Waals surface area contributed by atoms with Crippen molar-refractivity contribution in [2.75, 3.05) is 20.1 Å². The molecule has 0 spiro atoms. The van der Waals surface area contributed by atoms with E-state index in [0.29, 0.717) is 0 Å². The average Bonchev–Trinajstić information content (AvgIpc) is 2.67. The van der Waals surface area contributed by atoms with Crippen LogP contribution in [-0.2, 0) is 4.79 Å². The van der Waals surface area contributed by atoms with Crippen molar-refractivity contribution >= 4 is 12.0 Å². The van der Waals surface area contributed by atoms with Gasteiger partial charge < -0.3 is 20.0 Å². The van der Waals surface area contributed by atoms with Crippen molar-refractivity contribution in [2.45, 2.75) is 25.0 Å². The van der Waals surface area contributed by atoms with Crippen molar-refractivity contribution in [1.29, 1.82) is 5.26 Å². The molecule has 17 heavy (non-hydrogen) atoms. The van der Waals surface area contributed by atoms with E-state index in [9.17, 15) is 14.7 Å². The van der Waals surface area contributed by atoms with Gasteiger partial charge in [-0.25, -0.2) is 9.59 Å². The van der Waals surface area contributed by atoms with Crippen molar-refractivity contribution in [1.82, 2.24) is 9.80 Å². The molecule has 0 aromatic heterocycles. The van der Waals surface area contributed by atoms with Gasteiger partial charge in [-0.1, -0.05) is 0 Å². The first-order chi connectivity index (χ1) is 7.97. The summed E-state index contributed by atoms with van der Waals surface area (Å²) < 4.78 is 0. The normalized spacial score (nSPS) is 23.2. The minimum Gasteiger partial charge on any atom is -0.480 e. The number of β-amino-alcohol motifs (C(OH)–C–C–N with tert-alkyl or cyclic N) is 1. The monoisotopic (exact) mass is 241 g/mol.